The number of rotatable bonds is 6. The van der Waals surface area contributed by atoms with Crippen molar-refractivity contribution in [2.24, 2.45) is 0 Å². The van der Waals surface area contributed by atoms with Gasteiger partial charge in [-0.1, -0.05) is 33.3 Å². The lowest BCUT2D eigenvalue weighted by atomic mass is 10.0. The Morgan fingerprint density at radius 3 is 2.43 bits per heavy atom. The highest BCUT2D eigenvalue weighted by atomic mass is 32.2. The number of aromatic nitrogens is 2. The monoisotopic (exact) mass is 494 g/mol. The molecule has 1 aliphatic heterocycles. The quantitative estimate of drug-likeness (QED) is 0.286. The van der Waals surface area contributed by atoms with Crippen LogP contribution in [0.25, 0.3) is 11.0 Å². The zero-order valence-corrected chi connectivity index (χ0v) is 19.3. The third kappa shape index (κ3) is 4.21. The summed E-state index contributed by atoms with van der Waals surface area (Å²) in [7, 11) is -4.67. The molecule has 0 N–H and O–H groups in total. The third-order valence-electron chi connectivity index (χ3n) is 5.89. The van der Waals surface area contributed by atoms with Crippen molar-refractivity contribution in [2.45, 2.75) is 17.7 Å². The summed E-state index contributed by atoms with van der Waals surface area (Å²) in [5.41, 5.74) is -0.177. The van der Waals surface area contributed by atoms with Gasteiger partial charge in [-0.15, -0.1) is 0 Å². The lowest BCUT2D eigenvalue weighted by Gasteiger charge is -2.17. The van der Waals surface area contributed by atoms with Gasteiger partial charge in [0.25, 0.3) is 10.0 Å². The molecule has 7 nitrogen and oxygen atoms in total. The molecule has 0 aliphatic carbocycles. The van der Waals surface area contributed by atoms with Crippen LogP contribution < -0.4 is 9.43 Å². The summed E-state index contributed by atoms with van der Waals surface area (Å²) in [4.78, 5) is 23.9. The maximum Gasteiger partial charge on any atom is 0.290 e. The van der Waals surface area contributed by atoms with E-state index < -0.39 is 37.4 Å². The van der Waals surface area contributed by atoms with Gasteiger partial charge in [0.1, 0.15) is 11.5 Å². The molecule has 0 amide bonds. The van der Waals surface area contributed by atoms with E-state index in [1.807, 2.05) is 0 Å². The van der Waals surface area contributed by atoms with Gasteiger partial charge in [0.15, 0.2) is 11.6 Å². The molecule has 35 heavy (non-hydrogen) atoms. The molecule has 4 aromatic rings. The van der Waals surface area contributed by atoms with Crippen molar-refractivity contribution in [3.63, 3.8) is 0 Å². The van der Waals surface area contributed by atoms with Crippen LogP contribution in [0.5, 0.6) is 0 Å². The summed E-state index contributed by atoms with van der Waals surface area (Å²) in [6.07, 6.45) is 3.82. The number of carbonyl (C=O) groups excluding carboxylic acids is 1. The molecule has 1 aromatic heterocycles. The number of anilines is 2. The highest BCUT2D eigenvalue weighted by Crippen LogP contribution is 2.30. The SMILES string of the molecule is O=C(c1ccc2ncc(N3CCCC3)nc2c1)c1cccc(N(F)S(=O)(=O)c2ccccc2)c1F. The van der Waals surface area contributed by atoms with Gasteiger partial charge in [-0.05, 0) is 55.3 Å². The molecule has 5 rings (SSSR count). The van der Waals surface area contributed by atoms with Crippen molar-refractivity contribution in [1.29, 1.82) is 0 Å². The fraction of sp³-hybridized carbons (Fsp3) is 0.160. The van der Waals surface area contributed by atoms with Crippen LogP contribution in [0.1, 0.15) is 28.8 Å². The number of carbonyl (C=O) groups is 1. The van der Waals surface area contributed by atoms with Gasteiger partial charge >= 0.3 is 0 Å². The standard InChI is InChI=1S/C25H20F2N4O3S/c26-24-19(9-6-10-22(24)31(27)35(33,34)18-7-2-1-3-8-18)25(32)17-11-12-20-21(15-17)29-23(16-28-20)30-13-4-5-14-30/h1-3,6-12,15-16H,4-5,13-14H2. The minimum atomic E-state index is -4.67. The first kappa shape index (κ1) is 22.9. The van der Waals surface area contributed by atoms with E-state index in [1.165, 1.54) is 48.5 Å². The second-order valence-electron chi connectivity index (χ2n) is 8.13. The van der Waals surface area contributed by atoms with E-state index in [0.29, 0.717) is 16.9 Å². The van der Waals surface area contributed by atoms with Gasteiger partial charge in [-0.3, -0.25) is 9.78 Å². The highest BCUT2D eigenvalue weighted by molar-refractivity contribution is 7.92. The maximum atomic E-state index is 15.3. The van der Waals surface area contributed by atoms with Crippen LogP contribution in [0, 0.1) is 5.82 Å². The number of sulfonamides is 1. The Kier molecular flexibility index (Phi) is 5.89. The summed E-state index contributed by atoms with van der Waals surface area (Å²) >= 11 is 0. The largest absolute Gasteiger partial charge is 0.355 e. The molecular formula is C25H20F2N4O3S. The number of halogens is 2. The maximum absolute atomic E-state index is 15.3. The zero-order valence-electron chi connectivity index (χ0n) is 18.4. The Bertz CT molecular complexity index is 1520. The van der Waals surface area contributed by atoms with Crippen molar-refractivity contribution in [1.82, 2.24) is 9.97 Å². The molecule has 0 spiro atoms. The molecule has 0 atom stereocenters. The topological polar surface area (TPSA) is 83.5 Å². The molecule has 0 saturated carbocycles. The predicted molar refractivity (Wildman–Crippen MR) is 128 cm³/mol. The second-order valence-corrected chi connectivity index (χ2v) is 9.87. The van der Waals surface area contributed by atoms with Crippen molar-refractivity contribution >= 4 is 38.3 Å². The van der Waals surface area contributed by atoms with E-state index >= 15 is 4.39 Å². The number of fused-ring (bicyclic) bond motifs is 1. The lowest BCUT2D eigenvalue weighted by Crippen LogP contribution is -2.24. The molecule has 1 saturated heterocycles. The second kappa shape index (κ2) is 9.03. The smallest absolute Gasteiger partial charge is 0.290 e. The average molecular weight is 495 g/mol. The van der Waals surface area contributed by atoms with Crippen LogP contribution in [0.15, 0.2) is 77.8 Å². The number of ketones is 1. The zero-order chi connectivity index (χ0) is 24.6. The van der Waals surface area contributed by atoms with Crippen LogP contribution in [-0.4, -0.2) is 37.3 Å². The van der Waals surface area contributed by atoms with E-state index in [2.05, 4.69) is 14.9 Å². The van der Waals surface area contributed by atoms with Gasteiger partial charge in [0.05, 0.1) is 27.7 Å². The van der Waals surface area contributed by atoms with Crippen molar-refractivity contribution in [3.8, 4) is 0 Å². The van der Waals surface area contributed by atoms with E-state index in [1.54, 1.807) is 18.3 Å². The summed E-state index contributed by atoms with van der Waals surface area (Å²) in [5.74, 6) is -1.31. The summed E-state index contributed by atoms with van der Waals surface area (Å²) in [5, 5.41) is 0. The summed E-state index contributed by atoms with van der Waals surface area (Å²) in [6, 6.07) is 14.8. The summed E-state index contributed by atoms with van der Waals surface area (Å²) in [6.45, 7) is 1.75. The third-order valence-corrected chi connectivity index (χ3v) is 7.37. The fourth-order valence-electron chi connectivity index (χ4n) is 4.04. The molecule has 1 aliphatic rings. The lowest BCUT2D eigenvalue weighted by molar-refractivity contribution is 0.103. The predicted octanol–water partition coefficient (Wildman–Crippen LogP) is 4.68. The Hall–Kier alpha value is -3.92. The Morgan fingerprint density at radius 1 is 0.943 bits per heavy atom. The van der Waals surface area contributed by atoms with E-state index in [4.69, 9.17) is 0 Å². The number of hydrogen-bond donors (Lipinski definition) is 0. The molecule has 1 fully saturated rings. The van der Waals surface area contributed by atoms with Crippen LogP contribution in [0.2, 0.25) is 0 Å². The van der Waals surface area contributed by atoms with Crippen molar-refractivity contribution < 1.29 is 22.1 Å². The average Bonchev–Trinajstić information content (AvgIpc) is 3.43. The molecule has 0 bridgehead atoms. The molecule has 10 heteroatoms. The first-order valence-electron chi connectivity index (χ1n) is 11.0. The van der Waals surface area contributed by atoms with Gasteiger partial charge < -0.3 is 4.90 Å². The molecule has 0 radical (unpaired) electrons. The first-order valence-corrected chi connectivity index (χ1v) is 12.4. The Balaban J connectivity index is 1.49. The molecule has 3 aromatic carbocycles. The van der Waals surface area contributed by atoms with E-state index in [-0.39, 0.29) is 10.5 Å². The van der Waals surface area contributed by atoms with E-state index in [0.717, 1.165) is 32.0 Å². The highest BCUT2D eigenvalue weighted by Gasteiger charge is 2.29. The van der Waals surface area contributed by atoms with Crippen LogP contribution in [0.4, 0.5) is 20.4 Å². The first-order chi connectivity index (χ1) is 16.9. The fourth-order valence-corrected chi connectivity index (χ4v) is 5.13. The summed E-state index contributed by atoms with van der Waals surface area (Å²) < 4.78 is 54.8. The normalized spacial score (nSPS) is 13.8. The van der Waals surface area contributed by atoms with Crippen LogP contribution in [-0.2, 0) is 10.0 Å². The molecule has 0 unspecified atom stereocenters. The minimum absolute atomic E-state index is 0.123. The molecule has 2 heterocycles. The van der Waals surface area contributed by atoms with Gasteiger partial charge in [0.2, 0.25) is 0 Å². The van der Waals surface area contributed by atoms with Crippen LogP contribution >= 0.6 is 0 Å². The van der Waals surface area contributed by atoms with Gasteiger partial charge in [0, 0.05) is 18.7 Å². The van der Waals surface area contributed by atoms with Crippen LogP contribution in [0.3, 0.4) is 0 Å². The van der Waals surface area contributed by atoms with Gasteiger partial charge in [-0.25, -0.2) is 9.37 Å². The molecule has 178 valence electrons. The van der Waals surface area contributed by atoms with Gasteiger partial charge in [-0.2, -0.15) is 8.42 Å². The Labute approximate surface area is 200 Å². The number of hydrogen-bond acceptors (Lipinski definition) is 6. The van der Waals surface area contributed by atoms with Crippen molar-refractivity contribution in [2.75, 3.05) is 22.5 Å². The number of nitrogens with zero attached hydrogens (tertiary/aromatic N) is 4. The Morgan fingerprint density at radius 2 is 1.69 bits per heavy atom. The minimum Gasteiger partial charge on any atom is -0.355 e. The van der Waals surface area contributed by atoms with E-state index in [9.17, 15) is 17.7 Å². The number of benzene rings is 3. The van der Waals surface area contributed by atoms with Crippen molar-refractivity contribution in [3.05, 3.63) is 89.9 Å². The molecular weight excluding hydrogens is 474 g/mol.